The van der Waals surface area contributed by atoms with E-state index in [-0.39, 0.29) is 18.3 Å². The quantitative estimate of drug-likeness (QED) is 0.333. The maximum absolute atomic E-state index is 10.2. The van der Waals surface area contributed by atoms with Crippen LogP contribution < -0.4 is 10.8 Å². The van der Waals surface area contributed by atoms with Crippen molar-refractivity contribution in [3.05, 3.63) is 65.7 Å². The molecule has 0 atom stereocenters. The second kappa shape index (κ2) is 9.93. The third-order valence-corrected chi connectivity index (χ3v) is 5.21. The van der Waals surface area contributed by atoms with Crippen LogP contribution in [-0.4, -0.2) is 52.6 Å². The molecule has 0 radical (unpaired) electrons. The molecular formula is C23H29N5O2. The molecule has 30 heavy (non-hydrogen) atoms. The van der Waals surface area contributed by atoms with Gasteiger partial charge in [-0.15, -0.1) is 0 Å². The number of piperidine rings is 1. The largest absolute Gasteiger partial charge is 0.507 e. The maximum atomic E-state index is 10.2. The number of rotatable bonds is 6. The fraction of sp³-hybridized carbons (Fsp3) is 0.304. The molecule has 1 saturated heterocycles. The summed E-state index contributed by atoms with van der Waals surface area (Å²) in [6, 6.07) is 14.5. The number of nitrogens with two attached hydrogens (primary N) is 1. The van der Waals surface area contributed by atoms with Gasteiger partial charge in [-0.3, -0.25) is 20.7 Å². The van der Waals surface area contributed by atoms with Gasteiger partial charge in [0.15, 0.2) is 0 Å². The predicted octanol–water partition coefficient (Wildman–Crippen LogP) is 3.47. The Labute approximate surface area is 177 Å². The summed E-state index contributed by atoms with van der Waals surface area (Å²) in [5.41, 5.74) is 8.29. The Balaban J connectivity index is 1.65. The highest BCUT2D eigenvalue weighted by atomic mass is 16.5. The molecule has 0 amide bonds. The number of aliphatic imine (C=N–C) groups is 1. The summed E-state index contributed by atoms with van der Waals surface area (Å²) >= 11 is 0. The van der Waals surface area contributed by atoms with E-state index in [9.17, 15) is 10.3 Å². The number of hydrogen-bond donors (Lipinski definition) is 4. The number of nitrogens with one attached hydrogen (secondary N) is 1. The van der Waals surface area contributed by atoms with Gasteiger partial charge in [0.1, 0.15) is 11.6 Å². The molecule has 1 fully saturated rings. The number of para-hydroxylation sites is 1. The number of hydroxylamine groups is 1. The molecule has 1 aliphatic heterocycles. The fourth-order valence-electron chi connectivity index (χ4n) is 3.43. The maximum Gasteiger partial charge on any atom is 0.125 e. The van der Waals surface area contributed by atoms with Gasteiger partial charge in [-0.05, 0) is 50.1 Å². The first-order valence-electron chi connectivity index (χ1n) is 10.1. The SMILES string of the molecule is CC(=N)N1CCC(N=C(N)c2ccc(O)c(/C=C/CN(O)c3ccccc3)c2)CC1. The zero-order valence-electron chi connectivity index (χ0n) is 17.2. The predicted molar refractivity (Wildman–Crippen MR) is 121 cm³/mol. The van der Waals surface area contributed by atoms with E-state index in [0.29, 0.717) is 22.9 Å². The minimum absolute atomic E-state index is 0.141. The van der Waals surface area contributed by atoms with E-state index in [1.165, 1.54) is 0 Å². The van der Waals surface area contributed by atoms with Gasteiger partial charge in [0.2, 0.25) is 0 Å². The van der Waals surface area contributed by atoms with E-state index in [1.54, 1.807) is 37.3 Å². The van der Waals surface area contributed by atoms with Crippen molar-refractivity contribution in [1.29, 1.82) is 5.41 Å². The summed E-state index contributed by atoms with van der Waals surface area (Å²) < 4.78 is 0. The van der Waals surface area contributed by atoms with Crippen molar-refractivity contribution < 1.29 is 10.3 Å². The lowest BCUT2D eigenvalue weighted by Crippen LogP contribution is -2.38. The van der Waals surface area contributed by atoms with Gasteiger partial charge in [-0.25, -0.2) is 0 Å². The lowest BCUT2D eigenvalue weighted by molar-refractivity contribution is 0.266. The molecule has 1 aliphatic rings. The Bertz CT molecular complexity index is 918. The van der Waals surface area contributed by atoms with Gasteiger partial charge in [0.25, 0.3) is 0 Å². The highest BCUT2D eigenvalue weighted by molar-refractivity contribution is 5.98. The first kappa shape index (κ1) is 21.4. The topological polar surface area (TPSA) is 109 Å². The average molecular weight is 408 g/mol. The van der Waals surface area contributed by atoms with Crippen LogP contribution in [0.5, 0.6) is 5.75 Å². The highest BCUT2D eigenvalue weighted by Crippen LogP contribution is 2.21. The Hall–Kier alpha value is -3.32. The minimum Gasteiger partial charge on any atom is -0.507 e. The van der Waals surface area contributed by atoms with Gasteiger partial charge in [0, 0.05) is 24.2 Å². The van der Waals surface area contributed by atoms with Crippen LogP contribution in [0.25, 0.3) is 6.08 Å². The molecule has 1 heterocycles. The van der Waals surface area contributed by atoms with Crippen molar-refractivity contribution in [2.24, 2.45) is 10.7 Å². The number of aromatic hydroxyl groups is 1. The summed E-state index contributed by atoms with van der Waals surface area (Å²) in [6.07, 6.45) is 5.26. The molecule has 0 aliphatic carbocycles. The Morgan fingerprint density at radius 2 is 1.93 bits per heavy atom. The molecule has 3 rings (SSSR count). The van der Waals surface area contributed by atoms with Gasteiger partial charge < -0.3 is 15.7 Å². The number of amidine groups is 2. The number of hydrogen-bond acceptors (Lipinski definition) is 5. The smallest absolute Gasteiger partial charge is 0.125 e. The van der Waals surface area contributed by atoms with Crippen molar-refractivity contribution in [3.8, 4) is 5.75 Å². The molecule has 158 valence electrons. The van der Waals surface area contributed by atoms with E-state index >= 15 is 0 Å². The standard InChI is InChI=1S/C23H29N5O2/c1-17(24)27-14-11-20(12-15-27)26-23(25)19-9-10-22(29)18(16-19)6-5-13-28(30)21-7-3-2-4-8-21/h2-10,16,20,24,29-30H,11-15H2,1H3,(H2,25,26)/b6-5+,24-17?. The Kier molecular flexibility index (Phi) is 7.08. The molecule has 2 aromatic rings. The zero-order chi connectivity index (χ0) is 21.5. The fourth-order valence-corrected chi connectivity index (χ4v) is 3.43. The molecule has 0 bridgehead atoms. The van der Waals surface area contributed by atoms with Crippen molar-refractivity contribution >= 4 is 23.4 Å². The molecule has 7 heteroatoms. The molecule has 2 aromatic carbocycles. The van der Waals surface area contributed by atoms with Crippen molar-refractivity contribution in [1.82, 2.24) is 4.90 Å². The van der Waals surface area contributed by atoms with Crippen LogP contribution in [0.2, 0.25) is 0 Å². The summed E-state index contributed by atoms with van der Waals surface area (Å²) in [4.78, 5) is 6.71. The molecule has 0 unspecified atom stereocenters. The van der Waals surface area contributed by atoms with Crippen LogP contribution in [-0.2, 0) is 0 Å². The van der Waals surface area contributed by atoms with Crippen molar-refractivity contribution in [2.75, 3.05) is 24.7 Å². The van der Waals surface area contributed by atoms with Crippen LogP contribution in [0.15, 0.2) is 59.6 Å². The van der Waals surface area contributed by atoms with Crippen LogP contribution in [0.4, 0.5) is 5.69 Å². The molecular weight excluding hydrogens is 378 g/mol. The monoisotopic (exact) mass is 407 g/mol. The molecule has 7 nitrogen and oxygen atoms in total. The second-order valence-electron chi connectivity index (χ2n) is 7.41. The molecule has 0 spiro atoms. The van der Waals surface area contributed by atoms with E-state index in [0.717, 1.165) is 36.6 Å². The minimum atomic E-state index is 0.141. The van der Waals surface area contributed by atoms with E-state index in [2.05, 4.69) is 4.99 Å². The zero-order valence-corrected chi connectivity index (χ0v) is 17.2. The van der Waals surface area contributed by atoms with E-state index < -0.39 is 0 Å². The van der Waals surface area contributed by atoms with Crippen LogP contribution in [0.1, 0.15) is 30.9 Å². The van der Waals surface area contributed by atoms with Crippen LogP contribution in [0.3, 0.4) is 0 Å². The lowest BCUT2D eigenvalue weighted by atomic mass is 10.0. The average Bonchev–Trinajstić information content (AvgIpc) is 2.76. The second-order valence-corrected chi connectivity index (χ2v) is 7.41. The van der Waals surface area contributed by atoms with Crippen LogP contribution in [0, 0.1) is 5.41 Å². The highest BCUT2D eigenvalue weighted by Gasteiger charge is 2.19. The molecule has 0 saturated carbocycles. The van der Waals surface area contributed by atoms with Crippen molar-refractivity contribution in [2.45, 2.75) is 25.8 Å². The van der Waals surface area contributed by atoms with Gasteiger partial charge in [-0.2, -0.15) is 0 Å². The summed E-state index contributed by atoms with van der Waals surface area (Å²) in [7, 11) is 0. The van der Waals surface area contributed by atoms with Gasteiger partial charge >= 0.3 is 0 Å². The normalized spacial score (nSPS) is 15.5. The molecule has 0 aromatic heterocycles. The third kappa shape index (κ3) is 5.61. The van der Waals surface area contributed by atoms with Gasteiger partial charge in [0.05, 0.1) is 24.1 Å². The van der Waals surface area contributed by atoms with Gasteiger partial charge in [-0.1, -0.05) is 30.4 Å². The first-order valence-corrected chi connectivity index (χ1v) is 10.1. The first-order chi connectivity index (χ1) is 14.4. The summed E-state index contributed by atoms with van der Waals surface area (Å²) in [5.74, 6) is 1.18. The van der Waals surface area contributed by atoms with Crippen LogP contribution >= 0.6 is 0 Å². The van der Waals surface area contributed by atoms with E-state index in [4.69, 9.17) is 11.1 Å². The summed E-state index contributed by atoms with van der Waals surface area (Å²) in [5, 5.41) is 29.1. The number of phenolic OH excluding ortho intramolecular Hbond substituents is 1. The van der Waals surface area contributed by atoms with E-state index in [1.807, 2.05) is 35.2 Å². The molecule has 5 N–H and O–H groups in total. The number of nitrogens with zero attached hydrogens (tertiary/aromatic N) is 3. The summed E-state index contributed by atoms with van der Waals surface area (Å²) in [6.45, 7) is 3.72. The van der Waals surface area contributed by atoms with Crippen molar-refractivity contribution in [3.63, 3.8) is 0 Å². The number of likely N-dealkylation sites (tertiary alicyclic amines) is 1. The third-order valence-electron chi connectivity index (χ3n) is 5.21. The lowest BCUT2D eigenvalue weighted by Gasteiger charge is -2.31. The Morgan fingerprint density at radius 1 is 1.23 bits per heavy atom. The Morgan fingerprint density at radius 3 is 2.60 bits per heavy atom. The number of phenols is 1. The number of benzene rings is 2. The number of anilines is 1.